The summed E-state index contributed by atoms with van der Waals surface area (Å²) in [6.45, 7) is 3.68. The summed E-state index contributed by atoms with van der Waals surface area (Å²) in [4.78, 5) is 13.1. The van der Waals surface area contributed by atoms with Crippen molar-refractivity contribution in [3.63, 3.8) is 0 Å². The molecule has 10 heteroatoms. The van der Waals surface area contributed by atoms with Crippen LogP contribution in [0.4, 0.5) is 0 Å². The smallest absolute Gasteiger partial charge is 0.249 e. The average molecular weight is 842 g/mol. The van der Waals surface area contributed by atoms with Crippen molar-refractivity contribution in [3.8, 4) is 0 Å². The van der Waals surface area contributed by atoms with Gasteiger partial charge < -0.3 is 45.4 Å². The first-order chi connectivity index (χ1) is 28.8. The van der Waals surface area contributed by atoms with E-state index in [1.165, 1.54) is 141 Å². The molecule has 0 aliphatic carbocycles. The van der Waals surface area contributed by atoms with E-state index in [-0.39, 0.29) is 6.61 Å². The number of aliphatic hydroxyl groups is 6. The molecule has 0 bridgehead atoms. The van der Waals surface area contributed by atoms with Gasteiger partial charge >= 0.3 is 0 Å². The lowest BCUT2D eigenvalue weighted by Gasteiger charge is -2.40. The first kappa shape index (κ1) is 55.9. The molecule has 1 aliphatic rings. The van der Waals surface area contributed by atoms with Crippen molar-refractivity contribution in [2.45, 2.75) is 281 Å². The van der Waals surface area contributed by atoms with E-state index >= 15 is 0 Å². The van der Waals surface area contributed by atoms with Gasteiger partial charge in [-0.2, -0.15) is 0 Å². The number of carbonyl (C=O) groups excluding carboxylic acids is 1. The molecule has 8 atom stereocenters. The van der Waals surface area contributed by atoms with E-state index in [9.17, 15) is 35.4 Å². The Hall–Kier alpha value is -1.11. The molecule has 0 saturated carbocycles. The number of nitrogens with one attached hydrogen (secondary N) is 1. The van der Waals surface area contributed by atoms with Crippen molar-refractivity contribution in [2.75, 3.05) is 13.2 Å². The number of unbranched alkanes of at least 4 members (excludes halogenated alkanes) is 29. The number of allylic oxidation sites excluding steroid dienone is 2. The van der Waals surface area contributed by atoms with Crippen LogP contribution < -0.4 is 5.32 Å². The highest BCUT2D eigenvalue weighted by atomic mass is 16.7. The van der Waals surface area contributed by atoms with Crippen molar-refractivity contribution in [2.24, 2.45) is 0 Å². The van der Waals surface area contributed by atoms with E-state index in [0.29, 0.717) is 19.3 Å². The normalized spacial score (nSPS) is 21.3. The molecule has 350 valence electrons. The van der Waals surface area contributed by atoms with Gasteiger partial charge in [0.25, 0.3) is 0 Å². The minimum absolute atomic E-state index is 0.256. The first-order valence-corrected chi connectivity index (χ1v) is 25.0. The first-order valence-electron chi connectivity index (χ1n) is 25.0. The van der Waals surface area contributed by atoms with Crippen LogP contribution in [0.3, 0.4) is 0 Å². The molecule has 0 aromatic rings. The lowest BCUT2D eigenvalue weighted by atomic mass is 9.99. The van der Waals surface area contributed by atoms with Crippen molar-refractivity contribution in [1.29, 1.82) is 0 Å². The van der Waals surface area contributed by atoms with Gasteiger partial charge in [-0.15, -0.1) is 0 Å². The van der Waals surface area contributed by atoms with Crippen LogP contribution in [0.15, 0.2) is 12.2 Å². The summed E-state index contributed by atoms with van der Waals surface area (Å²) >= 11 is 0. The van der Waals surface area contributed by atoms with Gasteiger partial charge in [0, 0.05) is 0 Å². The number of hydrogen-bond acceptors (Lipinski definition) is 9. The van der Waals surface area contributed by atoms with E-state index in [0.717, 1.165) is 57.8 Å². The van der Waals surface area contributed by atoms with Gasteiger partial charge in [-0.05, 0) is 38.5 Å². The summed E-state index contributed by atoms with van der Waals surface area (Å²) in [5.41, 5.74) is 0. The predicted molar refractivity (Wildman–Crippen MR) is 241 cm³/mol. The Morgan fingerprint density at radius 2 is 0.949 bits per heavy atom. The van der Waals surface area contributed by atoms with Crippen LogP contribution in [0.2, 0.25) is 0 Å². The molecular formula is C49H95NO9. The highest BCUT2D eigenvalue weighted by molar-refractivity contribution is 5.80. The van der Waals surface area contributed by atoms with E-state index in [2.05, 4.69) is 31.3 Å². The second kappa shape index (κ2) is 39.7. The van der Waals surface area contributed by atoms with Crippen molar-refractivity contribution in [1.82, 2.24) is 5.32 Å². The molecule has 0 spiro atoms. The van der Waals surface area contributed by atoms with Crippen molar-refractivity contribution >= 4 is 5.91 Å². The highest BCUT2D eigenvalue weighted by Gasteiger charge is 2.44. The Morgan fingerprint density at radius 1 is 0.559 bits per heavy atom. The number of ether oxygens (including phenoxy) is 2. The van der Waals surface area contributed by atoms with Gasteiger partial charge in [0.1, 0.15) is 30.5 Å². The number of carbonyl (C=O) groups is 1. The van der Waals surface area contributed by atoms with E-state index in [1.54, 1.807) is 0 Å². The zero-order valence-electron chi connectivity index (χ0n) is 38.1. The minimum atomic E-state index is -1.60. The number of rotatable bonds is 42. The molecule has 1 amide bonds. The number of amides is 1. The quantitative estimate of drug-likeness (QED) is 0.0234. The van der Waals surface area contributed by atoms with E-state index in [1.807, 2.05) is 0 Å². The van der Waals surface area contributed by atoms with Crippen LogP contribution in [0.1, 0.15) is 232 Å². The fourth-order valence-corrected chi connectivity index (χ4v) is 8.10. The highest BCUT2D eigenvalue weighted by Crippen LogP contribution is 2.23. The Bertz CT molecular complexity index is 952. The lowest BCUT2D eigenvalue weighted by Crippen LogP contribution is -2.60. The third-order valence-corrected chi connectivity index (χ3v) is 12.2. The summed E-state index contributed by atoms with van der Waals surface area (Å²) < 4.78 is 11.2. The molecular weight excluding hydrogens is 747 g/mol. The molecule has 0 aromatic carbocycles. The summed E-state index contributed by atoms with van der Waals surface area (Å²) in [6, 6.07) is -0.895. The zero-order valence-corrected chi connectivity index (χ0v) is 38.1. The van der Waals surface area contributed by atoms with E-state index < -0.39 is 61.5 Å². The molecule has 0 radical (unpaired) electrons. The predicted octanol–water partition coefficient (Wildman–Crippen LogP) is 9.87. The summed E-state index contributed by atoms with van der Waals surface area (Å²) in [6.07, 6.45) is 35.4. The van der Waals surface area contributed by atoms with Gasteiger partial charge in [-0.1, -0.05) is 206 Å². The molecule has 1 heterocycles. The maximum absolute atomic E-state index is 13.1. The standard InChI is InChI=1S/C49H95NO9/c1-3-5-7-9-11-13-15-17-19-21-23-25-27-29-31-33-35-37-42(52)41(40-58-49-47(56)46(55)45(54)44(39-51)59-49)50-48(57)43(53)38-36-34-32-30-28-26-24-22-20-18-16-14-12-10-8-6-4-2/h24,26,41-47,49,51-56H,3-23,25,27-40H2,1-2H3,(H,50,57)/b26-24-. The average Bonchev–Trinajstić information content (AvgIpc) is 3.23. The Morgan fingerprint density at radius 3 is 1.37 bits per heavy atom. The fourth-order valence-electron chi connectivity index (χ4n) is 8.10. The molecule has 10 nitrogen and oxygen atoms in total. The largest absolute Gasteiger partial charge is 0.394 e. The van der Waals surface area contributed by atoms with Gasteiger partial charge in [-0.25, -0.2) is 0 Å². The van der Waals surface area contributed by atoms with Gasteiger partial charge in [-0.3, -0.25) is 4.79 Å². The third-order valence-electron chi connectivity index (χ3n) is 12.2. The molecule has 0 aromatic heterocycles. The fraction of sp³-hybridized carbons (Fsp3) is 0.939. The molecule has 8 unspecified atom stereocenters. The third kappa shape index (κ3) is 29.8. The summed E-state index contributed by atoms with van der Waals surface area (Å²) in [5, 5.41) is 65.0. The Kier molecular flexibility index (Phi) is 37.6. The molecule has 1 rings (SSSR count). The van der Waals surface area contributed by atoms with Crippen LogP contribution in [-0.2, 0) is 14.3 Å². The molecule has 1 saturated heterocycles. The topological polar surface area (TPSA) is 169 Å². The Balaban J connectivity index is 2.36. The van der Waals surface area contributed by atoms with Gasteiger partial charge in [0.15, 0.2) is 6.29 Å². The second-order valence-corrected chi connectivity index (χ2v) is 17.8. The molecule has 7 N–H and O–H groups in total. The maximum Gasteiger partial charge on any atom is 0.249 e. The molecule has 1 aliphatic heterocycles. The maximum atomic E-state index is 13.1. The van der Waals surface area contributed by atoms with Gasteiger partial charge in [0.2, 0.25) is 5.91 Å². The number of hydrogen-bond donors (Lipinski definition) is 7. The van der Waals surface area contributed by atoms with Crippen molar-refractivity contribution < 1.29 is 44.9 Å². The Labute approximate surface area is 361 Å². The second-order valence-electron chi connectivity index (χ2n) is 17.8. The van der Waals surface area contributed by atoms with Crippen LogP contribution in [0.25, 0.3) is 0 Å². The van der Waals surface area contributed by atoms with Crippen LogP contribution in [0.5, 0.6) is 0 Å². The number of aliphatic hydroxyl groups excluding tert-OH is 6. The zero-order chi connectivity index (χ0) is 43.2. The lowest BCUT2D eigenvalue weighted by molar-refractivity contribution is -0.302. The van der Waals surface area contributed by atoms with E-state index in [4.69, 9.17) is 9.47 Å². The summed E-state index contributed by atoms with van der Waals surface area (Å²) in [7, 11) is 0. The SMILES string of the molecule is CCCCCCCCCCC/C=C\CCCCCCC(O)C(=O)NC(COC1OC(CO)C(O)C(O)C1O)C(O)CCCCCCCCCCCCCCCCCCC. The molecule has 1 fully saturated rings. The van der Waals surface area contributed by atoms with Crippen LogP contribution in [-0.4, -0.2) is 98.7 Å². The minimum Gasteiger partial charge on any atom is -0.394 e. The van der Waals surface area contributed by atoms with Crippen molar-refractivity contribution in [3.05, 3.63) is 12.2 Å². The molecule has 59 heavy (non-hydrogen) atoms. The monoisotopic (exact) mass is 842 g/mol. The van der Waals surface area contributed by atoms with Crippen LogP contribution in [0, 0.1) is 0 Å². The van der Waals surface area contributed by atoms with Gasteiger partial charge in [0.05, 0.1) is 25.4 Å². The van der Waals surface area contributed by atoms with Crippen LogP contribution >= 0.6 is 0 Å². The summed E-state index contributed by atoms with van der Waals surface area (Å²) in [5.74, 6) is -0.590.